The van der Waals surface area contributed by atoms with Crippen molar-refractivity contribution in [1.82, 2.24) is 0 Å². The molecule has 0 saturated carbocycles. The number of benzene rings is 1. The van der Waals surface area contributed by atoms with Crippen molar-refractivity contribution in [3.05, 3.63) is 46.3 Å². The molecule has 1 aliphatic rings. The molecule has 0 aromatic heterocycles. The molecule has 0 amide bonds. The second-order valence-electron chi connectivity index (χ2n) is 6.49. The van der Waals surface area contributed by atoms with Crippen molar-refractivity contribution >= 4 is 5.97 Å². The minimum absolute atomic E-state index is 0.314. The van der Waals surface area contributed by atoms with E-state index in [0.29, 0.717) is 12.8 Å². The molecule has 2 nitrogen and oxygen atoms in total. The van der Waals surface area contributed by atoms with E-state index in [2.05, 4.69) is 0 Å². The average Bonchev–Trinajstić information content (AvgIpc) is 2.60. The van der Waals surface area contributed by atoms with Gasteiger partial charge in [0.05, 0.1) is 13.0 Å². The van der Waals surface area contributed by atoms with E-state index in [1.807, 2.05) is 6.92 Å². The van der Waals surface area contributed by atoms with Crippen LogP contribution in [-0.2, 0) is 16.0 Å². The van der Waals surface area contributed by atoms with Gasteiger partial charge in [-0.1, -0.05) is 18.6 Å². The van der Waals surface area contributed by atoms with Crippen molar-refractivity contribution in [3.8, 4) is 0 Å². The molecule has 0 radical (unpaired) electrons. The van der Waals surface area contributed by atoms with E-state index in [-0.39, 0.29) is 12.3 Å². The van der Waals surface area contributed by atoms with Crippen LogP contribution in [0, 0.1) is 46.8 Å². The summed E-state index contributed by atoms with van der Waals surface area (Å²) in [5.41, 5.74) is 0.147. The zero-order chi connectivity index (χ0) is 18.9. The van der Waals surface area contributed by atoms with Crippen molar-refractivity contribution in [3.63, 3.8) is 0 Å². The van der Waals surface area contributed by atoms with Crippen LogP contribution in [0.5, 0.6) is 0 Å². The normalized spacial score (nSPS) is 21.7. The van der Waals surface area contributed by atoms with Gasteiger partial charge in [0.15, 0.2) is 23.3 Å². The standard InChI is InChI=1S/C18H19F5O2/c1-8-4-5-10(11(6-8)18(24)25-3)9(2)7-12-13(19)15(21)17(23)16(22)14(12)20/h6,9-11H,4-5,7H2,1-3H3/t9-,10+,11-/m1/s1. The summed E-state index contributed by atoms with van der Waals surface area (Å²) in [5, 5.41) is 0. The molecular weight excluding hydrogens is 343 g/mol. The Morgan fingerprint density at radius 2 is 1.64 bits per heavy atom. The van der Waals surface area contributed by atoms with Crippen LogP contribution in [0.2, 0.25) is 0 Å². The molecule has 3 atom stereocenters. The summed E-state index contributed by atoms with van der Waals surface area (Å²) < 4.78 is 72.4. The number of rotatable bonds is 4. The number of ether oxygens (including phenoxy) is 1. The van der Waals surface area contributed by atoms with Gasteiger partial charge in [-0.2, -0.15) is 0 Å². The third kappa shape index (κ3) is 3.70. The molecule has 1 aromatic carbocycles. The molecule has 0 saturated heterocycles. The van der Waals surface area contributed by atoms with Gasteiger partial charge in [-0.05, 0) is 38.0 Å². The molecule has 0 aliphatic heterocycles. The summed E-state index contributed by atoms with van der Waals surface area (Å²) in [6, 6.07) is 0. The minimum atomic E-state index is -2.17. The maximum Gasteiger partial charge on any atom is 0.312 e. The zero-order valence-electron chi connectivity index (χ0n) is 14.1. The summed E-state index contributed by atoms with van der Waals surface area (Å²) in [6.07, 6.45) is 2.64. The number of carbonyl (C=O) groups is 1. The molecule has 1 aliphatic carbocycles. The largest absolute Gasteiger partial charge is 0.469 e. The Labute approximate surface area is 142 Å². The van der Waals surface area contributed by atoms with Crippen molar-refractivity contribution in [2.24, 2.45) is 17.8 Å². The third-order valence-electron chi connectivity index (χ3n) is 4.83. The van der Waals surface area contributed by atoms with E-state index < -0.39 is 52.5 Å². The van der Waals surface area contributed by atoms with Crippen LogP contribution in [-0.4, -0.2) is 13.1 Å². The van der Waals surface area contributed by atoms with E-state index in [1.54, 1.807) is 13.0 Å². The Balaban J connectivity index is 2.33. The lowest BCUT2D eigenvalue weighted by atomic mass is 9.72. The van der Waals surface area contributed by atoms with Crippen LogP contribution in [0.25, 0.3) is 0 Å². The quantitative estimate of drug-likeness (QED) is 0.255. The number of methoxy groups -OCH3 is 1. The van der Waals surface area contributed by atoms with Crippen LogP contribution in [0.15, 0.2) is 11.6 Å². The van der Waals surface area contributed by atoms with E-state index >= 15 is 0 Å². The van der Waals surface area contributed by atoms with Crippen LogP contribution >= 0.6 is 0 Å². The van der Waals surface area contributed by atoms with Crippen molar-refractivity contribution in [2.45, 2.75) is 33.1 Å². The van der Waals surface area contributed by atoms with E-state index in [1.165, 1.54) is 7.11 Å². The first-order valence-electron chi connectivity index (χ1n) is 7.94. The molecule has 0 heterocycles. The monoisotopic (exact) mass is 362 g/mol. The lowest BCUT2D eigenvalue weighted by molar-refractivity contribution is -0.146. The number of halogens is 5. The van der Waals surface area contributed by atoms with Crippen molar-refractivity contribution < 1.29 is 31.5 Å². The van der Waals surface area contributed by atoms with Gasteiger partial charge in [-0.3, -0.25) is 4.79 Å². The van der Waals surface area contributed by atoms with Crippen LogP contribution in [0.4, 0.5) is 22.0 Å². The lowest BCUT2D eigenvalue weighted by Crippen LogP contribution is -2.32. The van der Waals surface area contributed by atoms with Gasteiger partial charge in [-0.25, -0.2) is 22.0 Å². The Hall–Kier alpha value is -1.92. The smallest absolute Gasteiger partial charge is 0.312 e. The minimum Gasteiger partial charge on any atom is -0.469 e. The number of carbonyl (C=O) groups excluding carboxylic acids is 1. The fraction of sp³-hybridized carbons (Fsp3) is 0.500. The van der Waals surface area contributed by atoms with Gasteiger partial charge in [-0.15, -0.1) is 0 Å². The topological polar surface area (TPSA) is 26.3 Å². The Kier molecular flexibility index (Phi) is 5.85. The lowest BCUT2D eigenvalue weighted by Gasteiger charge is -2.32. The highest BCUT2D eigenvalue weighted by Crippen LogP contribution is 2.37. The van der Waals surface area contributed by atoms with E-state index in [0.717, 1.165) is 5.57 Å². The fourth-order valence-electron chi connectivity index (χ4n) is 3.41. The van der Waals surface area contributed by atoms with Crippen LogP contribution < -0.4 is 0 Å². The molecule has 0 spiro atoms. The zero-order valence-corrected chi connectivity index (χ0v) is 14.1. The Morgan fingerprint density at radius 3 is 2.16 bits per heavy atom. The first-order valence-corrected chi connectivity index (χ1v) is 7.94. The first-order chi connectivity index (χ1) is 11.7. The molecule has 7 heteroatoms. The number of esters is 1. The van der Waals surface area contributed by atoms with Gasteiger partial charge in [0.25, 0.3) is 0 Å². The van der Waals surface area contributed by atoms with Gasteiger partial charge >= 0.3 is 5.97 Å². The fourth-order valence-corrected chi connectivity index (χ4v) is 3.41. The highest BCUT2D eigenvalue weighted by atomic mass is 19.2. The van der Waals surface area contributed by atoms with E-state index in [4.69, 9.17) is 4.74 Å². The van der Waals surface area contributed by atoms with Gasteiger partial charge in [0, 0.05) is 5.56 Å². The highest BCUT2D eigenvalue weighted by Gasteiger charge is 2.35. The summed E-state index contributed by atoms with van der Waals surface area (Å²) in [6.45, 7) is 3.49. The molecule has 0 bridgehead atoms. The predicted octanol–water partition coefficient (Wildman–Crippen LogP) is 4.71. The molecular formula is C18H19F5O2. The predicted molar refractivity (Wildman–Crippen MR) is 81.1 cm³/mol. The first kappa shape index (κ1) is 19.4. The van der Waals surface area contributed by atoms with Crippen molar-refractivity contribution in [2.75, 3.05) is 7.11 Å². The molecule has 1 aromatic rings. The van der Waals surface area contributed by atoms with Gasteiger partial charge < -0.3 is 4.74 Å². The van der Waals surface area contributed by atoms with E-state index in [9.17, 15) is 26.7 Å². The third-order valence-corrected chi connectivity index (χ3v) is 4.83. The molecule has 2 rings (SSSR count). The molecule has 25 heavy (non-hydrogen) atoms. The summed E-state index contributed by atoms with van der Waals surface area (Å²) in [5.74, 6) is -11.6. The molecule has 138 valence electrons. The number of allylic oxidation sites excluding steroid dienone is 1. The molecule has 0 fully saturated rings. The van der Waals surface area contributed by atoms with Crippen LogP contribution in [0.3, 0.4) is 0 Å². The van der Waals surface area contributed by atoms with Gasteiger partial charge in [0.1, 0.15) is 0 Å². The number of hydrogen-bond donors (Lipinski definition) is 0. The highest BCUT2D eigenvalue weighted by molar-refractivity contribution is 5.75. The van der Waals surface area contributed by atoms with Crippen molar-refractivity contribution in [1.29, 1.82) is 0 Å². The number of hydrogen-bond acceptors (Lipinski definition) is 2. The summed E-state index contributed by atoms with van der Waals surface area (Å²) in [7, 11) is 1.24. The second kappa shape index (κ2) is 7.54. The molecule has 0 N–H and O–H groups in total. The maximum absolute atomic E-state index is 13.9. The van der Waals surface area contributed by atoms with Crippen LogP contribution in [0.1, 0.15) is 32.3 Å². The van der Waals surface area contributed by atoms with Gasteiger partial charge in [0.2, 0.25) is 5.82 Å². The average molecular weight is 362 g/mol. The summed E-state index contributed by atoms with van der Waals surface area (Å²) in [4.78, 5) is 12.0. The Morgan fingerprint density at radius 1 is 1.12 bits per heavy atom. The second-order valence-corrected chi connectivity index (χ2v) is 6.49. The molecule has 0 unspecified atom stereocenters. The summed E-state index contributed by atoms with van der Waals surface area (Å²) >= 11 is 0. The SMILES string of the molecule is COC(=O)[C@@H]1C=C(C)CC[C@H]1[C@H](C)Cc1c(F)c(F)c(F)c(F)c1F. The maximum atomic E-state index is 13.9. The Bertz CT molecular complexity index is 685.